The number of hydrogen-bond acceptors (Lipinski definition) is 4. The fraction of sp³-hybridized carbons (Fsp3) is 0.458. The molecule has 7 heteroatoms. The molecular formula is C24H32N2O4S. The summed E-state index contributed by atoms with van der Waals surface area (Å²) in [6.45, 7) is 7.29. The number of rotatable bonds is 7. The molecule has 1 fully saturated rings. The zero-order valence-electron chi connectivity index (χ0n) is 18.8. The van der Waals surface area contributed by atoms with Crippen LogP contribution < -0.4 is 4.74 Å². The number of piperidine rings is 1. The van der Waals surface area contributed by atoms with E-state index in [1.54, 1.807) is 11.9 Å². The van der Waals surface area contributed by atoms with Gasteiger partial charge in [0, 0.05) is 26.1 Å². The first-order valence-corrected chi connectivity index (χ1v) is 12.1. The van der Waals surface area contributed by atoms with Crippen LogP contribution in [0.4, 0.5) is 0 Å². The SMILES string of the molecule is Cc1cc(C)c(S(=O)(=O)N2CCC(C(=O)N(C)CCOc3ccccc3)CC2)c(C)c1. The number of hydrogen-bond donors (Lipinski definition) is 0. The van der Waals surface area contributed by atoms with Gasteiger partial charge in [0.05, 0.1) is 11.4 Å². The van der Waals surface area contributed by atoms with Crippen molar-refractivity contribution in [2.45, 2.75) is 38.5 Å². The summed E-state index contributed by atoms with van der Waals surface area (Å²) in [7, 11) is -1.79. The average Bonchev–Trinajstić information content (AvgIpc) is 2.73. The first-order chi connectivity index (χ1) is 14.7. The summed E-state index contributed by atoms with van der Waals surface area (Å²) in [6.07, 6.45) is 1.07. The molecule has 0 saturated carbocycles. The van der Waals surface area contributed by atoms with E-state index in [0.717, 1.165) is 22.4 Å². The van der Waals surface area contributed by atoms with Gasteiger partial charge in [-0.2, -0.15) is 4.31 Å². The fourth-order valence-electron chi connectivity index (χ4n) is 4.28. The summed E-state index contributed by atoms with van der Waals surface area (Å²) in [5.41, 5.74) is 2.60. The van der Waals surface area contributed by atoms with E-state index in [0.29, 0.717) is 44.0 Å². The molecule has 2 aromatic rings. The highest BCUT2D eigenvalue weighted by atomic mass is 32.2. The Labute approximate surface area is 185 Å². The van der Waals surface area contributed by atoms with Gasteiger partial charge < -0.3 is 9.64 Å². The van der Waals surface area contributed by atoms with Crippen LogP contribution in [0.5, 0.6) is 5.75 Å². The minimum atomic E-state index is -3.57. The third-order valence-electron chi connectivity index (χ3n) is 5.82. The summed E-state index contributed by atoms with van der Waals surface area (Å²) >= 11 is 0. The molecule has 1 amide bonds. The largest absolute Gasteiger partial charge is 0.492 e. The van der Waals surface area contributed by atoms with Crippen LogP contribution in [-0.4, -0.2) is 56.8 Å². The van der Waals surface area contributed by atoms with Gasteiger partial charge in [-0.3, -0.25) is 4.79 Å². The Balaban J connectivity index is 1.55. The van der Waals surface area contributed by atoms with E-state index in [9.17, 15) is 13.2 Å². The summed E-state index contributed by atoms with van der Waals surface area (Å²) in [4.78, 5) is 14.9. The number of nitrogens with zero attached hydrogens (tertiary/aromatic N) is 2. The van der Waals surface area contributed by atoms with Gasteiger partial charge in [-0.15, -0.1) is 0 Å². The van der Waals surface area contributed by atoms with Crippen molar-refractivity contribution in [3.05, 3.63) is 59.2 Å². The third-order valence-corrected chi connectivity index (χ3v) is 8.03. The Hall–Kier alpha value is -2.38. The van der Waals surface area contributed by atoms with Crippen LogP contribution in [-0.2, 0) is 14.8 Å². The van der Waals surface area contributed by atoms with Gasteiger partial charge in [0.1, 0.15) is 12.4 Å². The normalized spacial score (nSPS) is 15.6. The minimum Gasteiger partial charge on any atom is -0.492 e. The van der Waals surface area contributed by atoms with Gasteiger partial charge in [-0.25, -0.2) is 8.42 Å². The lowest BCUT2D eigenvalue weighted by atomic mass is 9.97. The lowest BCUT2D eigenvalue weighted by Crippen LogP contribution is -2.44. The number of carbonyl (C=O) groups excluding carboxylic acids is 1. The van der Waals surface area contributed by atoms with Gasteiger partial charge in [0.25, 0.3) is 0 Å². The van der Waals surface area contributed by atoms with Gasteiger partial charge >= 0.3 is 0 Å². The lowest BCUT2D eigenvalue weighted by Gasteiger charge is -2.33. The number of sulfonamides is 1. The predicted octanol–water partition coefficient (Wildman–Crippen LogP) is 3.55. The second kappa shape index (κ2) is 9.83. The monoisotopic (exact) mass is 444 g/mol. The highest BCUT2D eigenvalue weighted by molar-refractivity contribution is 7.89. The van der Waals surface area contributed by atoms with Crippen LogP contribution in [0.15, 0.2) is 47.4 Å². The van der Waals surface area contributed by atoms with E-state index >= 15 is 0 Å². The molecule has 2 aromatic carbocycles. The van der Waals surface area contributed by atoms with E-state index in [1.807, 2.05) is 63.2 Å². The van der Waals surface area contributed by atoms with E-state index < -0.39 is 10.0 Å². The Bertz CT molecular complexity index is 990. The molecule has 0 radical (unpaired) electrons. The van der Waals surface area contributed by atoms with Crippen molar-refractivity contribution in [2.75, 3.05) is 33.3 Å². The van der Waals surface area contributed by atoms with E-state index in [-0.39, 0.29) is 11.8 Å². The number of likely N-dealkylation sites (N-methyl/N-ethyl adjacent to an activating group) is 1. The smallest absolute Gasteiger partial charge is 0.243 e. The first-order valence-electron chi connectivity index (χ1n) is 10.7. The second-order valence-corrected chi connectivity index (χ2v) is 10.2. The van der Waals surface area contributed by atoms with E-state index in [4.69, 9.17) is 4.74 Å². The molecule has 1 aliphatic heterocycles. The lowest BCUT2D eigenvalue weighted by molar-refractivity contribution is -0.135. The average molecular weight is 445 g/mol. The van der Waals surface area contributed by atoms with Crippen molar-refractivity contribution in [1.82, 2.24) is 9.21 Å². The Morgan fingerprint density at radius 1 is 1.06 bits per heavy atom. The van der Waals surface area contributed by atoms with Crippen LogP contribution in [0.2, 0.25) is 0 Å². The molecule has 6 nitrogen and oxygen atoms in total. The van der Waals surface area contributed by atoms with Gasteiger partial charge in [0.15, 0.2) is 0 Å². The number of ether oxygens (including phenoxy) is 1. The maximum absolute atomic E-state index is 13.2. The molecule has 168 valence electrons. The van der Waals surface area contributed by atoms with Crippen molar-refractivity contribution in [2.24, 2.45) is 5.92 Å². The molecule has 0 N–H and O–H groups in total. The molecule has 1 aliphatic rings. The van der Waals surface area contributed by atoms with Crippen LogP contribution in [0.1, 0.15) is 29.5 Å². The Morgan fingerprint density at radius 3 is 2.23 bits per heavy atom. The molecule has 0 unspecified atom stereocenters. The molecule has 31 heavy (non-hydrogen) atoms. The standard InChI is InChI=1S/C24H32N2O4S/c1-18-16-19(2)23(20(3)17-18)31(28,29)26-12-10-21(11-13-26)24(27)25(4)14-15-30-22-8-6-5-7-9-22/h5-9,16-17,21H,10-15H2,1-4H3. The number of aryl methyl sites for hydroxylation is 3. The van der Waals surface area contributed by atoms with Crippen molar-refractivity contribution >= 4 is 15.9 Å². The highest BCUT2D eigenvalue weighted by Gasteiger charge is 2.34. The molecule has 0 aliphatic carbocycles. The molecule has 3 rings (SSSR count). The molecule has 0 bridgehead atoms. The van der Waals surface area contributed by atoms with Crippen LogP contribution in [0.3, 0.4) is 0 Å². The van der Waals surface area contributed by atoms with E-state index in [2.05, 4.69) is 0 Å². The summed E-state index contributed by atoms with van der Waals surface area (Å²) in [5, 5.41) is 0. The zero-order chi connectivity index (χ0) is 22.6. The number of carbonyl (C=O) groups is 1. The molecule has 0 spiro atoms. The highest BCUT2D eigenvalue weighted by Crippen LogP contribution is 2.29. The Morgan fingerprint density at radius 2 is 1.65 bits per heavy atom. The molecule has 1 saturated heterocycles. The first kappa shape index (κ1) is 23.3. The maximum atomic E-state index is 13.2. The van der Waals surface area contributed by atoms with Crippen molar-refractivity contribution in [1.29, 1.82) is 0 Å². The molecule has 1 heterocycles. The summed E-state index contributed by atoms with van der Waals surface area (Å²) < 4.78 is 33.7. The van der Waals surface area contributed by atoms with Crippen LogP contribution in [0.25, 0.3) is 0 Å². The molecule has 0 atom stereocenters. The summed E-state index contributed by atoms with van der Waals surface area (Å²) in [5.74, 6) is 0.674. The quantitative estimate of drug-likeness (QED) is 0.655. The zero-order valence-corrected chi connectivity index (χ0v) is 19.6. The van der Waals surface area contributed by atoms with Gasteiger partial charge in [-0.1, -0.05) is 35.9 Å². The van der Waals surface area contributed by atoms with Crippen molar-refractivity contribution < 1.29 is 17.9 Å². The Kier molecular flexibility index (Phi) is 7.38. The van der Waals surface area contributed by atoms with Gasteiger partial charge in [-0.05, 0) is 56.9 Å². The molecular weight excluding hydrogens is 412 g/mol. The summed E-state index contributed by atoms with van der Waals surface area (Å²) in [6, 6.07) is 13.3. The third kappa shape index (κ3) is 5.46. The predicted molar refractivity (Wildman–Crippen MR) is 122 cm³/mol. The van der Waals surface area contributed by atoms with E-state index in [1.165, 1.54) is 4.31 Å². The second-order valence-electron chi connectivity index (χ2n) is 8.33. The minimum absolute atomic E-state index is 0.0522. The fourth-order valence-corrected chi connectivity index (χ4v) is 6.17. The number of para-hydroxylation sites is 1. The number of amides is 1. The van der Waals surface area contributed by atoms with Crippen LogP contribution >= 0.6 is 0 Å². The van der Waals surface area contributed by atoms with Crippen LogP contribution in [0, 0.1) is 26.7 Å². The van der Waals surface area contributed by atoms with Crippen molar-refractivity contribution in [3.8, 4) is 5.75 Å². The van der Waals surface area contributed by atoms with Gasteiger partial charge in [0.2, 0.25) is 15.9 Å². The maximum Gasteiger partial charge on any atom is 0.243 e. The number of benzene rings is 2. The van der Waals surface area contributed by atoms with Crippen molar-refractivity contribution in [3.63, 3.8) is 0 Å². The molecule has 0 aromatic heterocycles. The topological polar surface area (TPSA) is 66.9 Å².